The number of nitrogens with one attached hydrogen (secondary N) is 1. The maximum absolute atomic E-state index is 10.0. The fourth-order valence-electron chi connectivity index (χ4n) is 2.33. The average molecular weight is 334 g/mol. The lowest BCUT2D eigenvalue weighted by Gasteiger charge is -2.21. The molecule has 2 N–H and O–H groups in total. The summed E-state index contributed by atoms with van der Waals surface area (Å²) < 4.78 is 1.08. The maximum atomic E-state index is 10.0. The van der Waals surface area contributed by atoms with E-state index in [9.17, 15) is 5.11 Å². The van der Waals surface area contributed by atoms with Crippen molar-refractivity contribution in [1.82, 2.24) is 5.32 Å². The largest absolute Gasteiger partial charge is 0.508 e. The van der Waals surface area contributed by atoms with Crippen LogP contribution in [0.5, 0.6) is 5.75 Å². The van der Waals surface area contributed by atoms with Crippen molar-refractivity contribution < 1.29 is 5.11 Å². The lowest BCUT2D eigenvalue weighted by atomic mass is 10.0. The second kappa shape index (κ2) is 6.42. The number of aryl methyl sites for hydroxylation is 1. The Labute approximate surface area is 129 Å². The Balaban J connectivity index is 2.10. The van der Waals surface area contributed by atoms with Crippen LogP contribution in [0.4, 0.5) is 0 Å². The molecule has 2 atom stereocenters. The van der Waals surface area contributed by atoms with Crippen molar-refractivity contribution in [3.63, 3.8) is 0 Å². The number of aromatic hydroxyl groups is 1. The number of hydrogen-bond acceptors (Lipinski definition) is 2. The van der Waals surface area contributed by atoms with E-state index in [4.69, 9.17) is 0 Å². The Bertz CT molecular complexity index is 580. The highest BCUT2D eigenvalue weighted by atomic mass is 79.9. The van der Waals surface area contributed by atoms with Gasteiger partial charge in [0.15, 0.2) is 0 Å². The minimum Gasteiger partial charge on any atom is -0.508 e. The first-order chi connectivity index (χ1) is 9.47. The van der Waals surface area contributed by atoms with E-state index in [1.54, 1.807) is 6.07 Å². The van der Waals surface area contributed by atoms with Gasteiger partial charge in [-0.3, -0.25) is 0 Å². The van der Waals surface area contributed by atoms with Crippen molar-refractivity contribution in [2.45, 2.75) is 32.9 Å². The molecule has 0 radical (unpaired) electrons. The van der Waals surface area contributed by atoms with E-state index >= 15 is 0 Å². The molecular weight excluding hydrogens is 314 g/mol. The molecule has 0 heterocycles. The van der Waals surface area contributed by atoms with Gasteiger partial charge >= 0.3 is 0 Å². The number of rotatable bonds is 4. The minimum atomic E-state index is 0.0919. The summed E-state index contributed by atoms with van der Waals surface area (Å²) in [7, 11) is 0. The summed E-state index contributed by atoms with van der Waals surface area (Å²) in [4.78, 5) is 0. The molecule has 20 heavy (non-hydrogen) atoms. The summed E-state index contributed by atoms with van der Waals surface area (Å²) in [5.74, 6) is 0.355. The molecule has 0 amide bonds. The zero-order valence-corrected chi connectivity index (χ0v) is 13.6. The Hall–Kier alpha value is -1.32. The van der Waals surface area contributed by atoms with Gasteiger partial charge in [0.1, 0.15) is 5.75 Å². The van der Waals surface area contributed by atoms with Crippen LogP contribution in [0.25, 0.3) is 0 Å². The summed E-state index contributed by atoms with van der Waals surface area (Å²) in [6, 6.07) is 14.4. The van der Waals surface area contributed by atoms with Gasteiger partial charge in [-0.1, -0.05) is 40.2 Å². The smallest absolute Gasteiger partial charge is 0.120 e. The highest BCUT2D eigenvalue weighted by Gasteiger charge is 2.14. The molecule has 0 spiro atoms. The monoisotopic (exact) mass is 333 g/mol. The van der Waals surface area contributed by atoms with Gasteiger partial charge in [-0.25, -0.2) is 0 Å². The SMILES string of the molecule is Cc1ccc(C(C)N[C@H](C)c2ccc(Br)cc2)c(O)c1. The highest BCUT2D eigenvalue weighted by Crippen LogP contribution is 2.27. The van der Waals surface area contributed by atoms with E-state index in [-0.39, 0.29) is 12.1 Å². The molecule has 0 saturated heterocycles. The van der Waals surface area contributed by atoms with Gasteiger partial charge in [-0.2, -0.15) is 0 Å². The highest BCUT2D eigenvalue weighted by molar-refractivity contribution is 9.10. The number of phenolic OH excluding ortho intramolecular Hbond substituents is 1. The zero-order chi connectivity index (χ0) is 14.7. The Morgan fingerprint density at radius 3 is 2.25 bits per heavy atom. The van der Waals surface area contributed by atoms with E-state index in [0.717, 1.165) is 15.6 Å². The van der Waals surface area contributed by atoms with Gasteiger partial charge in [0.05, 0.1) is 0 Å². The fourth-order valence-corrected chi connectivity index (χ4v) is 2.60. The van der Waals surface area contributed by atoms with Crippen molar-refractivity contribution in [1.29, 1.82) is 0 Å². The number of benzene rings is 2. The van der Waals surface area contributed by atoms with E-state index in [1.165, 1.54) is 5.56 Å². The second-order valence-corrected chi connectivity index (χ2v) is 6.14. The normalized spacial score (nSPS) is 14.0. The van der Waals surface area contributed by atoms with Crippen LogP contribution < -0.4 is 5.32 Å². The third-order valence-electron chi connectivity index (χ3n) is 3.52. The number of halogens is 1. The lowest BCUT2D eigenvalue weighted by molar-refractivity contribution is 0.438. The van der Waals surface area contributed by atoms with Gasteiger partial charge < -0.3 is 10.4 Å². The molecule has 0 aliphatic rings. The zero-order valence-electron chi connectivity index (χ0n) is 12.0. The van der Waals surface area contributed by atoms with E-state index in [1.807, 2.05) is 31.2 Å². The van der Waals surface area contributed by atoms with Crippen LogP contribution in [0.3, 0.4) is 0 Å². The van der Waals surface area contributed by atoms with Crippen LogP contribution in [0.15, 0.2) is 46.9 Å². The van der Waals surface area contributed by atoms with Crippen molar-refractivity contribution in [2.24, 2.45) is 0 Å². The summed E-state index contributed by atoms with van der Waals surface area (Å²) in [6.07, 6.45) is 0. The van der Waals surface area contributed by atoms with Crippen molar-refractivity contribution in [3.8, 4) is 5.75 Å². The van der Waals surface area contributed by atoms with Crippen LogP contribution in [0.1, 0.15) is 42.6 Å². The molecule has 0 aliphatic carbocycles. The van der Waals surface area contributed by atoms with E-state index < -0.39 is 0 Å². The summed E-state index contributed by atoms with van der Waals surface area (Å²) in [6.45, 7) is 6.18. The van der Waals surface area contributed by atoms with E-state index in [2.05, 4.69) is 47.2 Å². The summed E-state index contributed by atoms with van der Waals surface area (Å²) in [5.41, 5.74) is 3.23. The molecule has 2 rings (SSSR count). The first kappa shape index (κ1) is 15.1. The van der Waals surface area contributed by atoms with Crippen LogP contribution in [-0.2, 0) is 0 Å². The van der Waals surface area contributed by atoms with Gasteiger partial charge in [-0.15, -0.1) is 0 Å². The first-order valence-electron chi connectivity index (χ1n) is 6.78. The van der Waals surface area contributed by atoms with Crippen LogP contribution in [0, 0.1) is 6.92 Å². The molecule has 106 valence electrons. The molecule has 3 heteroatoms. The van der Waals surface area contributed by atoms with Gasteiger partial charge in [-0.05, 0) is 50.1 Å². The molecule has 2 aromatic carbocycles. The molecule has 0 bridgehead atoms. The van der Waals surface area contributed by atoms with Crippen molar-refractivity contribution in [2.75, 3.05) is 0 Å². The molecule has 0 aliphatic heterocycles. The fraction of sp³-hybridized carbons (Fsp3) is 0.294. The topological polar surface area (TPSA) is 32.3 Å². The Morgan fingerprint density at radius 1 is 1.00 bits per heavy atom. The lowest BCUT2D eigenvalue weighted by Crippen LogP contribution is -2.22. The Morgan fingerprint density at radius 2 is 1.65 bits per heavy atom. The quantitative estimate of drug-likeness (QED) is 0.836. The molecule has 0 fully saturated rings. The minimum absolute atomic E-state index is 0.0919. The van der Waals surface area contributed by atoms with E-state index in [0.29, 0.717) is 5.75 Å². The summed E-state index contributed by atoms with van der Waals surface area (Å²) in [5, 5.41) is 13.6. The molecule has 0 aromatic heterocycles. The average Bonchev–Trinajstić information content (AvgIpc) is 2.39. The molecule has 1 unspecified atom stereocenters. The number of phenols is 1. The Kier molecular flexibility index (Phi) is 4.84. The van der Waals surface area contributed by atoms with Crippen molar-refractivity contribution >= 4 is 15.9 Å². The predicted molar refractivity (Wildman–Crippen MR) is 87.0 cm³/mol. The molecule has 2 aromatic rings. The molecule has 0 saturated carbocycles. The van der Waals surface area contributed by atoms with Crippen LogP contribution in [-0.4, -0.2) is 5.11 Å². The van der Waals surface area contributed by atoms with Gasteiger partial charge in [0.25, 0.3) is 0 Å². The predicted octanol–water partition coefficient (Wildman–Crippen LogP) is 4.87. The molecule has 2 nitrogen and oxygen atoms in total. The summed E-state index contributed by atoms with van der Waals surface area (Å²) >= 11 is 3.44. The van der Waals surface area contributed by atoms with Gasteiger partial charge in [0.2, 0.25) is 0 Å². The van der Waals surface area contributed by atoms with Gasteiger partial charge in [0, 0.05) is 22.1 Å². The maximum Gasteiger partial charge on any atom is 0.120 e. The van der Waals surface area contributed by atoms with Crippen LogP contribution in [0.2, 0.25) is 0 Å². The first-order valence-corrected chi connectivity index (χ1v) is 7.57. The standard InChI is InChI=1S/C17H20BrNO/c1-11-4-9-16(17(20)10-11)13(3)19-12(2)14-5-7-15(18)8-6-14/h4-10,12-13,19-20H,1-3H3/t12-,13?/m1/s1. The number of hydrogen-bond donors (Lipinski definition) is 2. The third-order valence-corrected chi connectivity index (χ3v) is 4.05. The third kappa shape index (κ3) is 3.62. The second-order valence-electron chi connectivity index (χ2n) is 5.22. The molecular formula is C17H20BrNO. The van der Waals surface area contributed by atoms with Crippen molar-refractivity contribution in [3.05, 3.63) is 63.6 Å². The van der Waals surface area contributed by atoms with Crippen LogP contribution >= 0.6 is 15.9 Å².